The number of hydrogen-bond donors (Lipinski definition) is 1. The van der Waals surface area contributed by atoms with Crippen LogP contribution in [-0.4, -0.2) is 22.5 Å². The molecule has 0 fully saturated rings. The van der Waals surface area contributed by atoms with E-state index < -0.39 is 12.0 Å². The van der Waals surface area contributed by atoms with Gasteiger partial charge in [-0.05, 0) is 24.6 Å². The number of hydrogen-bond acceptors (Lipinski definition) is 2. The van der Waals surface area contributed by atoms with Gasteiger partial charge in [0.05, 0.1) is 0 Å². The molecular weight excluding hydrogens is 262 g/mol. The summed E-state index contributed by atoms with van der Waals surface area (Å²) in [5.74, 6) is -0.807. The van der Waals surface area contributed by atoms with Crippen LogP contribution in [0.3, 0.4) is 0 Å². The van der Waals surface area contributed by atoms with Crippen molar-refractivity contribution in [3.8, 4) is 0 Å². The summed E-state index contributed by atoms with van der Waals surface area (Å²) in [5.41, 5.74) is 3.04. The van der Waals surface area contributed by atoms with Gasteiger partial charge in [0.15, 0.2) is 0 Å². The zero-order valence-electron chi connectivity index (χ0n) is 12.5. The first kappa shape index (κ1) is 15.3. The lowest BCUT2D eigenvalue weighted by molar-refractivity contribution is -0.143. The van der Waals surface area contributed by atoms with E-state index in [-0.39, 0.29) is 0 Å². The van der Waals surface area contributed by atoms with Gasteiger partial charge in [0, 0.05) is 6.54 Å². The molecule has 3 nitrogen and oxygen atoms in total. The molecule has 0 saturated carbocycles. The van der Waals surface area contributed by atoms with E-state index in [1.165, 1.54) is 0 Å². The molecule has 0 aromatic heterocycles. The van der Waals surface area contributed by atoms with Gasteiger partial charge >= 0.3 is 5.97 Å². The van der Waals surface area contributed by atoms with Gasteiger partial charge in [-0.2, -0.15) is 0 Å². The lowest BCUT2D eigenvalue weighted by Crippen LogP contribution is -2.33. The fourth-order valence-electron chi connectivity index (χ4n) is 2.55. The predicted octanol–water partition coefficient (Wildman–Crippen LogP) is 3.64. The highest BCUT2D eigenvalue weighted by Gasteiger charge is 2.26. The van der Waals surface area contributed by atoms with Crippen LogP contribution in [0.4, 0.5) is 0 Å². The average Bonchev–Trinajstić information content (AvgIpc) is 2.47. The third-order valence-electron chi connectivity index (χ3n) is 3.59. The molecule has 3 heteroatoms. The minimum absolute atomic E-state index is 0.616. The standard InChI is InChI=1S/C18H21NO2/c1-3-19(13-15-9-5-4-6-10-15)17(18(20)21)16-11-7-8-14(2)12-16/h4-12,17H,3,13H2,1-2H3,(H,20,21). The van der Waals surface area contributed by atoms with Crippen LogP contribution in [0.2, 0.25) is 0 Å². The number of rotatable bonds is 6. The monoisotopic (exact) mass is 283 g/mol. The maximum Gasteiger partial charge on any atom is 0.325 e. The Labute approximate surface area is 125 Å². The summed E-state index contributed by atoms with van der Waals surface area (Å²) in [5, 5.41) is 9.66. The highest BCUT2D eigenvalue weighted by atomic mass is 16.4. The summed E-state index contributed by atoms with van der Waals surface area (Å²) in [6.07, 6.45) is 0. The van der Waals surface area contributed by atoms with Crippen molar-refractivity contribution < 1.29 is 9.90 Å². The van der Waals surface area contributed by atoms with Crippen LogP contribution in [0.1, 0.15) is 29.7 Å². The molecule has 2 aromatic carbocycles. The Balaban J connectivity index is 2.29. The third kappa shape index (κ3) is 3.92. The molecule has 1 atom stereocenters. The van der Waals surface area contributed by atoms with Crippen molar-refractivity contribution in [2.45, 2.75) is 26.4 Å². The molecule has 0 radical (unpaired) electrons. The zero-order chi connectivity index (χ0) is 15.2. The van der Waals surface area contributed by atoms with Crippen LogP contribution >= 0.6 is 0 Å². The van der Waals surface area contributed by atoms with Crippen LogP contribution in [0.15, 0.2) is 54.6 Å². The fourth-order valence-corrected chi connectivity index (χ4v) is 2.55. The molecule has 0 saturated heterocycles. The maximum absolute atomic E-state index is 11.8. The van der Waals surface area contributed by atoms with Crippen molar-refractivity contribution in [1.82, 2.24) is 4.90 Å². The van der Waals surface area contributed by atoms with Crippen molar-refractivity contribution in [3.63, 3.8) is 0 Å². The Morgan fingerprint density at radius 1 is 1.14 bits per heavy atom. The topological polar surface area (TPSA) is 40.5 Å². The number of aryl methyl sites for hydroxylation is 1. The normalized spacial score (nSPS) is 12.3. The van der Waals surface area contributed by atoms with E-state index in [2.05, 4.69) is 0 Å². The van der Waals surface area contributed by atoms with E-state index in [0.717, 1.165) is 16.7 Å². The minimum atomic E-state index is -0.807. The summed E-state index contributed by atoms with van der Waals surface area (Å²) in [6.45, 7) is 5.28. The van der Waals surface area contributed by atoms with Gasteiger partial charge in [-0.3, -0.25) is 9.69 Å². The van der Waals surface area contributed by atoms with Crippen LogP contribution in [0.25, 0.3) is 0 Å². The fraction of sp³-hybridized carbons (Fsp3) is 0.278. The van der Waals surface area contributed by atoms with E-state index in [9.17, 15) is 9.90 Å². The number of carboxylic acid groups (broad SMARTS) is 1. The second kappa shape index (κ2) is 7.04. The highest BCUT2D eigenvalue weighted by Crippen LogP contribution is 2.24. The zero-order valence-corrected chi connectivity index (χ0v) is 12.5. The molecule has 21 heavy (non-hydrogen) atoms. The molecule has 0 spiro atoms. The molecule has 0 aliphatic rings. The molecule has 2 aromatic rings. The number of carboxylic acids is 1. The van der Waals surface area contributed by atoms with Gasteiger partial charge in [-0.25, -0.2) is 0 Å². The predicted molar refractivity (Wildman–Crippen MR) is 84.1 cm³/mol. The van der Waals surface area contributed by atoms with Crippen molar-refractivity contribution in [3.05, 3.63) is 71.3 Å². The van der Waals surface area contributed by atoms with Crippen LogP contribution in [0.5, 0.6) is 0 Å². The summed E-state index contributed by atoms with van der Waals surface area (Å²) < 4.78 is 0. The van der Waals surface area contributed by atoms with Gasteiger partial charge < -0.3 is 5.11 Å². The van der Waals surface area contributed by atoms with Crippen molar-refractivity contribution in [1.29, 1.82) is 0 Å². The average molecular weight is 283 g/mol. The van der Waals surface area contributed by atoms with Gasteiger partial charge in [-0.1, -0.05) is 67.1 Å². The molecule has 110 valence electrons. The lowest BCUT2D eigenvalue weighted by atomic mass is 10.0. The second-order valence-corrected chi connectivity index (χ2v) is 5.20. The van der Waals surface area contributed by atoms with E-state index in [0.29, 0.717) is 13.1 Å². The summed E-state index contributed by atoms with van der Waals surface area (Å²) in [7, 11) is 0. The van der Waals surface area contributed by atoms with E-state index in [1.807, 2.05) is 73.3 Å². The number of benzene rings is 2. The van der Waals surface area contributed by atoms with Gasteiger partial charge in [0.25, 0.3) is 0 Å². The Hall–Kier alpha value is -2.13. The quantitative estimate of drug-likeness (QED) is 0.880. The summed E-state index contributed by atoms with van der Waals surface area (Å²) >= 11 is 0. The van der Waals surface area contributed by atoms with Crippen molar-refractivity contribution in [2.75, 3.05) is 6.54 Å². The molecular formula is C18H21NO2. The number of carbonyl (C=O) groups is 1. The highest BCUT2D eigenvalue weighted by molar-refractivity contribution is 5.75. The first-order valence-electron chi connectivity index (χ1n) is 7.19. The van der Waals surface area contributed by atoms with Gasteiger partial charge in [0.2, 0.25) is 0 Å². The Morgan fingerprint density at radius 2 is 1.86 bits per heavy atom. The minimum Gasteiger partial charge on any atom is -0.480 e. The largest absolute Gasteiger partial charge is 0.480 e. The molecule has 0 aliphatic carbocycles. The number of nitrogens with zero attached hydrogens (tertiary/aromatic N) is 1. The SMILES string of the molecule is CCN(Cc1ccccc1)C(C(=O)O)c1cccc(C)c1. The summed E-state index contributed by atoms with van der Waals surface area (Å²) in [4.78, 5) is 13.7. The van der Waals surface area contributed by atoms with Crippen molar-refractivity contribution in [2.24, 2.45) is 0 Å². The van der Waals surface area contributed by atoms with Gasteiger partial charge in [0.1, 0.15) is 6.04 Å². The second-order valence-electron chi connectivity index (χ2n) is 5.20. The van der Waals surface area contributed by atoms with E-state index >= 15 is 0 Å². The first-order chi connectivity index (χ1) is 10.1. The lowest BCUT2D eigenvalue weighted by Gasteiger charge is -2.28. The molecule has 2 rings (SSSR count). The van der Waals surface area contributed by atoms with Crippen LogP contribution in [-0.2, 0) is 11.3 Å². The Bertz CT molecular complexity index is 595. The Kier molecular flexibility index (Phi) is 5.12. The van der Waals surface area contributed by atoms with E-state index in [1.54, 1.807) is 0 Å². The molecule has 0 amide bonds. The molecule has 0 heterocycles. The smallest absolute Gasteiger partial charge is 0.325 e. The number of aliphatic carboxylic acids is 1. The maximum atomic E-state index is 11.8. The molecule has 1 unspecified atom stereocenters. The first-order valence-corrected chi connectivity index (χ1v) is 7.19. The van der Waals surface area contributed by atoms with Crippen LogP contribution < -0.4 is 0 Å². The molecule has 0 aliphatic heterocycles. The van der Waals surface area contributed by atoms with Crippen LogP contribution in [0, 0.1) is 6.92 Å². The van der Waals surface area contributed by atoms with Crippen molar-refractivity contribution >= 4 is 5.97 Å². The Morgan fingerprint density at radius 3 is 2.43 bits per heavy atom. The molecule has 1 N–H and O–H groups in total. The van der Waals surface area contributed by atoms with E-state index in [4.69, 9.17) is 0 Å². The molecule has 0 bridgehead atoms. The summed E-state index contributed by atoms with van der Waals surface area (Å²) in [6, 6.07) is 17.1. The number of likely N-dealkylation sites (N-methyl/N-ethyl adjacent to an activating group) is 1. The van der Waals surface area contributed by atoms with Gasteiger partial charge in [-0.15, -0.1) is 0 Å². The third-order valence-corrected chi connectivity index (χ3v) is 3.59.